The van der Waals surface area contributed by atoms with Crippen molar-refractivity contribution in [2.45, 2.75) is 19.6 Å². The summed E-state index contributed by atoms with van der Waals surface area (Å²) in [6.07, 6.45) is 0. The van der Waals surface area contributed by atoms with Crippen LogP contribution in [0.3, 0.4) is 0 Å². The quantitative estimate of drug-likeness (QED) is 0.553. The van der Waals surface area contributed by atoms with Gasteiger partial charge in [0.1, 0.15) is 11.5 Å². The SMILES string of the molecule is CN=C(NCc1cccc(CN(C)C)c1)NCc1ccc(OC)cc1OC. The number of aliphatic imine (C=N–C) groups is 1. The van der Waals surface area contributed by atoms with Gasteiger partial charge in [0.05, 0.1) is 14.2 Å². The Morgan fingerprint density at radius 3 is 2.37 bits per heavy atom. The number of hydrogen-bond donors (Lipinski definition) is 2. The van der Waals surface area contributed by atoms with Gasteiger partial charge in [-0.25, -0.2) is 0 Å². The molecule has 0 heterocycles. The van der Waals surface area contributed by atoms with Crippen molar-refractivity contribution >= 4 is 5.96 Å². The molecule has 0 atom stereocenters. The van der Waals surface area contributed by atoms with E-state index in [9.17, 15) is 0 Å². The van der Waals surface area contributed by atoms with Gasteiger partial charge < -0.3 is 25.0 Å². The predicted molar refractivity (Wildman–Crippen MR) is 110 cm³/mol. The molecule has 6 heteroatoms. The van der Waals surface area contributed by atoms with E-state index in [1.165, 1.54) is 11.1 Å². The average Bonchev–Trinajstić information content (AvgIpc) is 2.67. The second-order valence-corrected chi connectivity index (χ2v) is 6.51. The fourth-order valence-electron chi connectivity index (χ4n) is 2.79. The molecule has 6 nitrogen and oxygen atoms in total. The van der Waals surface area contributed by atoms with E-state index >= 15 is 0 Å². The Hall–Kier alpha value is -2.73. The van der Waals surface area contributed by atoms with Crippen LogP contribution < -0.4 is 20.1 Å². The van der Waals surface area contributed by atoms with E-state index in [4.69, 9.17) is 9.47 Å². The van der Waals surface area contributed by atoms with Gasteiger partial charge in [0.15, 0.2) is 5.96 Å². The zero-order valence-electron chi connectivity index (χ0n) is 16.9. The summed E-state index contributed by atoms with van der Waals surface area (Å²) in [5, 5.41) is 6.68. The highest BCUT2D eigenvalue weighted by Crippen LogP contribution is 2.24. The van der Waals surface area contributed by atoms with Gasteiger partial charge in [0, 0.05) is 38.3 Å². The number of ether oxygens (including phenoxy) is 2. The lowest BCUT2D eigenvalue weighted by molar-refractivity contribution is 0.390. The van der Waals surface area contributed by atoms with E-state index < -0.39 is 0 Å². The minimum absolute atomic E-state index is 0.605. The van der Waals surface area contributed by atoms with Crippen LogP contribution in [-0.4, -0.2) is 46.2 Å². The van der Waals surface area contributed by atoms with Gasteiger partial charge in [0.25, 0.3) is 0 Å². The molecule has 0 spiro atoms. The molecule has 0 fully saturated rings. The van der Waals surface area contributed by atoms with Crippen LogP contribution in [0.1, 0.15) is 16.7 Å². The number of rotatable bonds is 8. The number of benzene rings is 2. The molecule has 146 valence electrons. The Bertz CT molecular complexity index is 760. The number of methoxy groups -OCH3 is 2. The molecule has 2 N–H and O–H groups in total. The third-order valence-corrected chi connectivity index (χ3v) is 4.11. The van der Waals surface area contributed by atoms with Gasteiger partial charge >= 0.3 is 0 Å². The fourth-order valence-corrected chi connectivity index (χ4v) is 2.79. The van der Waals surface area contributed by atoms with Crippen LogP contribution in [0.2, 0.25) is 0 Å². The fraction of sp³-hybridized carbons (Fsp3) is 0.381. The van der Waals surface area contributed by atoms with Gasteiger partial charge in [-0.15, -0.1) is 0 Å². The largest absolute Gasteiger partial charge is 0.497 e. The molecule has 0 aliphatic heterocycles. The molecular weight excluding hydrogens is 340 g/mol. The molecule has 0 aliphatic rings. The van der Waals surface area contributed by atoms with E-state index in [0.717, 1.165) is 29.6 Å². The maximum Gasteiger partial charge on any atom is 0.191 e. The molecule has 0 saturated heterocycles. The topological polar surface area (TPSA) is 58.1 Å². The minimum atomic E-state index is 0.605. The molecule has 27 heavy (non-hydrogen) atoms. The summed E-state index contributed by atoms with van der Waals surface area (Å²) < 4.78 is 10.7. The second-order valence-electron chi connectivity index (χ2n) is 6.51. The monoisotopic (exact) mass is 370 g/mol. The number of nitrogens with zero attached hydrogens (tertiary/aromatic N) is 2. The summed E-state index contributed by atoms with van der Waals surface area (Å²) in [5.74, 6) is 2.30. The standard InChI is InChI=1S/C21H30N4O2/c1-22-21(23-13-16-7-6-8-17(11-16)15-25(2)3)24-14-18-9-10-19(26-4)12-20(18)27-5/h6-12H,13-15H2,1-5H3,(H2,22,23,24). The van der Waals surface area contributed by atoms with Crippen LogP contribution in [0.5, 0.6) is 11.5 Å². The molecule has 0 aromatic heterocycles. The molecule has 0 aliphatic carbocycles. The van der Waals surface area contributed by atoms with Crippen LogP contribution in [0.25, 0.3) is 0 Å². The first-order valence-corrected chi connectivity index (χ1v) is 8.93. The Morgan fingerprint density at radius 2 is 1.70 bits per heavy atom. The smallest absolute Gasteiger partial charge is 0.191 e. The predicted octanol–water partition coefficient (Wildman–Crippen LogP) is 2.63. The van der Waals surface area contributed by atoms with Gasteiger partial charge in [-0.3, -0.25) is 4.99 Å². The first-order valence-electron chi connectivity index (χ1n) is 8.93. The van der Waals surface area contributed by atoms with Crippen molar-refractivity contribution in [2.24, 2.45) is 4.99 Å². The maximum atomic E-state index is 5.44. The van der Waals surface area contributed by atoms with Crippen molar-refractivity contribution in [1.29, 1.82) is 0 Å². The van der Waals surface area contributed by atoms with E-state index in [1.807, 2.05) is 18.2 Å². The lowest BCUT2D eigenvalue weighted by atomic mass is 10.1. The highest BCUT2D eigenvalue weighted by atomic mass is 16.5. The lowest BCUT2D eigenvalue weighted by Gasteiger charge is -2.15. The molecule has 0 unspecified atom stereocenters. The highest BCUT2D eigenvalue weighted by molar-refractivity contribution is 5.79. The number of hydrogen-bond acceptors (Lipinski definition) is 4. The number of guanidine groups is 1. The molecule has 0 bridgehead atoms. The summed E-state index contributed by atoms with van der Waals surface area (Å²) in [6, 6.07) is 14.4. The van der Waals surface area contributed by atoms with Crippen molar-refractivity contribution in [3.8, 4) is 11.5 Å². The van der Waals surface area contributed by atoms with E-state index in [-0.39, 0.29) is 0 Å². The van der Waals surface area contributed by atoms with Gasteiger partial charge in [-0.05, 0) is 37.4 Å². The minimum Gasteiger partial charge on any atom is -0.497 e. The molecular formula is C21H30N4O2. The Kier molecular flexibility index (Phi) is 7.95. The van der Waals surface area contributed by atoms with Gasteiger partial charge in [0.2, 0.25) is 0 Å². The van der Waals surface area contributed by atoms with Gasteiger partial charge in [-0.1, -0.05) is 24.3 Å². The highest BCUT2D eigenvalue weighted by Gasteiger charge is 2.06. The summed E-state index contributed by atoms with van der Waals surface area (Å²) in [5.41, 5.74) is 3.55. The Balaban J connectivity index is 1.93. The van der Waals surface area contributed by atoms with Crippen LogP contribution in [-0.2, 0) is 19.6 Å². The summed E-state index contributed by atoms with van der Waals surface area (Å²) in [4.78, 5) is 6.46. The Morgan fingerprint density at radius 1 is 0.963 bits per heavy atom. The molecule has 2 rings (SSSR count). The third kappa shape index (κ3) is 6.49. The normalized spacial score (nSPS) is 11.4. The average molecular weight is 370 g/mol. The summed E-state index contributed by atoms with van der Waals surface area (Å²) in [7, 11) is 9.22. The first kappa shape index (κ1) is 20.6. The first-order chi connectivity index (χ1) is 13.0. The maximum absolute atomic E-state index is 5.44. The molecule has 2 aromatic rings. The lowest BCUT2D eigenvalue weighted by Crippen LogP contribution is -2.36. The van der Waals surface area contributed by atoms with Crippen molar-refractivity contribution in [2.75, 3.05) is 35.4 Å². The summed E-state index contributed by atoms with van der Waals surface area (Å²) in [6.45, 7) is 2.24. The zero-order chi connectivity index (χ0) is 19.6. The van der Waals surface area contributed by atoms with Crippen LogP contribution >= 0.6 is 0 Å². The number of nitrogens with one attached hydrogen (secondary N) is 2. The van der Waals surface area contributed by atoms with Crippen molar-refractivity contribution in [1.82, 2.24) is 15.5 Å². The second kappa shape index (κ2) is 10.4. The molecule has 0 saturated carbocycles. The molecule has 0 amide bonds. The summed E-state index contributed by atoms with van der Waals surface area (Å²) >= 11 is 0. The van der Waals surface area contributed by atoms with Crippen molar-refractivity contribution in [3.05, 3.63) is 59.2 Å². The van der Waals surface area contributed by atoms with E-state index in [0.29, 0.717) is 13.1 Å². The zero-order valence-corrected chi connectivity index (χ0v) is 16.9. The molecule has 2 aromatic carbocycles. The third-order valence-electron chi connectivity index (χ3n) is 4.11. The van der Waals surface area contributed by atoms with E-state index in [1.54, 1.807) is 21.3 Å². The van der Waals surface area contributed by atoms with E-state index in [2.05, 4.69) is 58.9 Å². The van der Waals surface area contributed by atoms with Crippen LogP contribution in [0.4, 0.5) is 0 Å². The van der Waals surface area contributed by atoms with Crippen molar-refractivity contribution in [3.63, 3.8) is 0 Å². The molecule has 0 radical (unpaired) electrons. The Labute approximate surface area is 162 Å². The van der Waals surface area contributed by atoms with Crippen LogP contribution in [0, 0.1) is 0 Å². The van der Waals surface area contributed by atoms with Gasteiger partial charge in [-0.2, -0.15) is 0 Å². The van der Waals surface area contributed by atoms with Crippen molar-refractivity contribution < 1.29 is 9.47 Å². The van der Waals surface area contributed by atoms with Crippen LogP contribution in [0.15, 0.2) is 47.5 Å².